The van der Waals surface area contributed by atoms with E-state index in [1.54, 1.807) is 0 Å². The van der Waals surface area contributed by atoms with Crippen molar-refractivity contribution in [2.75, 3.05) is 13.7 Å². The second-order valence-electron chi connectivity index (χ2n) is 3.04. The molecule has 0 fully saturated rings. The Bertz CT molecular complexity index is 433. The number of hydrogen-bond acceptors (Lipinski definition) is 5. The predicted octanol–water partition coefficient (Wildman–Crippen LogP) is -0.452. The molecule has 2 amide bonds. The van der Waals surface area contributed by atoms with Crippen molar-refractivity contribution in [3.05, 3.63) is 23.8 Å². The van der Waals surface area contributed by atoms with Crippen molar-refractivity contribution in [3.8, 4) is 11.5 Å². The van der Waals surface area contributed by atoms with Crippen molar-refractivity contribution in [1.82, 2.24) is 5.48 Å². The number of phenolic OH excluding ortho intramolecular Hbond substituents is 1. The van der Waals surface area contributed by atoms with Gasteiger partial charge in [-0.2, -0.15) is 0 Å². The molecule has 0 atom stereocenters. The Hall–Kier alpha value is -2.28. The van der Waals surface area contributed by atoms with Gasteiger partial charge in [-0.1, -0.05) is 6.07 Å². The van der Waals surface area contributed by atoms with Crippen LogP contribution in [0.25, 0.3) is 0 Å². The molecule has 1 rings (SSSR count). The molecule has 0 bridgehead atoms. The number of amides is 2. The zero-order valence-electron chi connectivity index (χ0n) is 9.10. The lowest BCUT2D eigenvalue weighted by molar-refractivity contribution is -0.124. The van der Waals surface area contributed by atoms with Crippen LogP contribution in [0, 0.1) is 0 Å². The summed E-state index contributed by atoms with van der Waals surface area (Å²) in [5.74, 6) is -1.58. The highest BCUT2D eigenvalue weighted by Crippen LogP contribution is 2.28. The molecule has 0 spiro atoms. The van der Waals surface area contributed by atoms with Crippen molar-refractivity contribution in [3.63, 3.8) is 0 Å². The Morgan fingerprint density at radius 1 is 1.47 bits per heavy atom. The van der Waals surface area contributed by atoms with Gasteiger partial charge < -0.3 is 15.6 Å². The number of hydrogen-bond donors (Lipinski definition) is 3. The normalized spacial score (nSPS) is 9.71. The van der Waals surface area contributed by atoms with E-state index in [1.165, 1.54) is 25.3 Å². The summed E-state index contributed by atoms with van der Waals surface area (Å²) in [4.78, 5) is 26.4. The van der Waals surface area contributed by atoms with E-state index >= 15 is 0 Å². The van der Waals surface area contributed by atoms with Gasteiger partial charge in [0, 0.05) is 0 Å². The molecule has 0 heterocycles. The molecule has 0 aliphatic heterocycles. The Kier molecular flexibility index (Phi) is 4.29. The minimum Gasteiger partial charge on any atom is -0.504 e. The maximum absolute atomic E-state index is 11.5. The summed E-state index contributed by atoms with van der Waals surface area (Å²) in [6.07, 6.45) is 0. The van der Waals surface area contributed by atoms with E-state index in [4.69, 9.17) is 10.5 Å². The second-order valence-corrected chi connectivity index (χ2v) is 3.04. The van der Waals surface area contributed by atoms with Crippen LogP contribution in [0.15, 0.2) is 18.2 Å². The van der Waals surface area contributed by atoms with Crippen molar-refractivity contribution in [2.24, 2.45) is 5.73 Å². The molecule has 4 N–H and O–H groups in total. The Morgan fingerprint density at radius 3 is 2.76 bits per heavy atom. The third kappa shape index (κ3) is 3.35. The summed E-state index contributed by atoms with van der Waals surface area (Å²) in [5, 5.41) is 9.63. The first-order valence-corrected chi connectivity index (χ1v) is 4.62. The lowest BCUT2D eigenvalue weighted by Gasteiger charge is -2.08. The summed E-state index contributed by atoms with van der Waals surface area (Å²) >= 11 is 0. The van der Waals surface area contributed by atoms with Gasteiger partial charge in [-0.05, 0) is 12.1 Å². The van der Waals surface area contributed by atoms with Gasteiger partial charge in [-0.25, -0.2) is 5.48 Å². The lowest BCUT2D eigenvalue weighted by atomic mass is 10.2. The van der Waals surface area contributed by atoms with Gasteiger partial charge in [-0.15, -0.1) is 0 Å². The quantitative estimate of drug-likeness (QED) is 0.603. The number of nitrogens with one attached hydrogen (secondary N) is 1. The SMILES string of the molecule is COc1cccc(C(=O)NOCC(N)=O)c1O. The molecule has 0 saturated carbocycles. The molecule has 0 saturated heterocycles. The second kappa shape index (κ2) is 5.71. The van der Waals surface area contributed by atoms with Crippen LogP contribution in [-0.4, -0.2) is 30.6 Å². The largest absolute Gasteiger partial charge is 0.504 e. The maximum Gasteiger partial charge on any atom is 0.278 e. The van der Waals surface area contributed by atoms with E-state index < -0.39 is 18.4 Å². The zero-order valence-corrected chi connectivity index (χ0v) is 9.10. The van der Waals surface area contributed by atoms with Gasteiger partial charge in [0.1, 0.15) is 0 Å². The molecule has 0 aromatic heterocycles. The molecule has 1 aromatic carbocycles. The Labute approximate surface area is 97.1 Å². The number of nitrogens with two attached hydrogens (primary N) is 1. The van der Waals surface area contributed by atoms with E-state index in [0.717, 1.165) is 0 Å². The number of carbonyl (C=O) groups excluding carboxylic acids is 2. The number of phenols is 1. The van der Waals surface area contributed by atoms with Crippen LogP contribution >= 0.6 is 0 Å². The number of primary amides is 1. The van der Waals surface area contributed by atoms with E-state index in [-0.39, 0.29) is 17.1 Å². The van der Waals surface area contributed by atoms with E-state index in [0.29, 0.717) is 0 Å². The number of aromatic hydroxyl groups is 1. The number of ether oxygens (including phenoxy) is 1. The molecule has 17 heavy (non-hydrogen) atoms. The molecule has 7 nitrogen and oxygen atoms in total. The molecular weight excluding hydrogens is 228 g/mol. The van der Waals surface area contributed by atoms with Crippen LogP contribution in [0.1, 0.15) is 10.4 Å². The van der Waals surface area contributed by atoms with Gasteiger partial charge in [0.05, 0.1) is 12.7 Å². The molecule has 0 radical (unpaired) electrons. The summed E-state index contributed by atoms with van der Waals surface area (Å²) < 4.78 is 4.83. The van der Waals surface area contributed by atoms with Crippen LogP contribution < -0.4 is 16.0 Å². The molecular formula is C10H12N2O5. The van der Waals surface area contributed by atoms with Gasteiger partial charge in [0.25, 0.3) is 5.91 Å². The van der Waals surface area contributed by atoms with E-state index in [9.17, 15) is 14.7 Å². The fourth-order valence-corrected chi connectivity index (χ4v) is 1.10. The molecule has 92 valence electrons. The highest BCUT2D eigenvalue weighted by molar-refractivity contribution is 5.97. The van der Waals surface area contributed by atoms with Crippen LogP contribution in [0.2, 0.25) is 0 Å². The molecule has 7 heteroatoms. The number of methoxy groups -OCH3 is 1. The predicted molar refractivity (Wildman–Crippen MR) is 57.3 cm³/mol. The number of para-hydroxylation sites is 1. The minimum atomic E-state index is -0.722. The highest BCUT2D eigenvalue weighted by Gasteiger charge is 2.14. The number of rotatable bonds is 5. The van der Waals surface area contributed by atoms with Gasteiger partial charge >= 0.3 is 0 Å². The first-order valence-electron chi connectivity index (χ1n) is 4.62. The summed E-state index contributed by atoms with van der Waals surface area (Å²) in [5.41, 5.74) is 6.74. The fourth-order valence-electron chi connectivity index (χ4n) is 1.10. The Balaban J connectivity index is 2.72. The molecule has 1 aromatic rings. The smallest absolute Gasteiger partial charge is 0.278 e. The average molecular weight is 240 g/mol. The average Bonchev–Trinajstić information content (AvgIpc) is 2.28. The van der Waals surface area contributed by atoms with Crippen molar-refractivity contribution in [1.29, 1.82) is 0 Å². The first kappa shape index (κ1) is 12.8. The van der Waals surface area contributed by atoms with Crippen molar-refractivity contribution < 1.29 is 24.3 Å². The van der Waals surface area contributed by atoms with E-state index in [2.05, 4.69) is 4.84 Å². The zero-order chi connectivity index (χ0) is 12.8. The third-order valence-corrected chi connectivity index (χ3v) is 1.84. The highest BCUT2D eigenvalue weighted by atomic mass is 16.7. The third-order valence-electron chi connectivity index (χ3n) is 1.84. The van der Waals surface area contributed by atoms with Crippen LogP contribution in [-0.2, 0) is 9.63 Å². The van der Waals surface area contributed by atoms with Crippen molar-refractivity contribution >= 4 is 11.8 Å². The van der Waals surface area contributed by atoms with Gasteiger partial charge in [-0.3, -0.25) is 14.4 Å². The Morgan fingerprint density at radius 2 is 2.18 bits per heavy atom. The van der Waals surface area contributed by atoms with Crippen molar-refractivity contribution in [2.45, 2.75) is 0 Å². The van der Waals surface area contributed by atoms with Crippen LogP contribution in [0.4, 0.5) is 0 Å². The van der Waals surface area contributed by atoms with Crippen LogP contribution in [0.5, 0.6) is 11.5 Å². The summed E-state index contributed by atoms with van der Waals surface area (Å²) in [7, 11) is 1.36. The number of hydroxylamine groups is 1. The lowest BCUT2D eigenvalue weighted by Crippen LogP contribution is -2.29. The van der Waals surface area contributed by atoms with E-state index in [1.807, 2.05) is 5.48 Å². The van der Waals surface area contributed by atoms with Gasteiger partial charge in [0.15, 0.2) is 18.1 Å². The number of benzene rings is 1. The monoisotopic (exact) mass is 240 g/mol. The summed E-state index contributed by atoms with van der Waals surface area (Å²) in [6.45, 7) is -0.448. The number of carbonyl (C=O) groups is 2. The molecule has 0 aliphatic rings. The standard InChI is InChI=1S/C10H12N2O5/c1-16-7-4-2-3-6(9(7)14)10(15)12-17-5-8(11)13/h2-4,14H,5H2,1H3,(H2,11,13)(H,12,15). The summed E-state index contributed by atoms with van der Waals surface area (Å²) in [6, 6.07) is 4.40. The first-order chi connectivity index (χ1) is 8.06. The maximum atomic E-state index is 11.5. The minimum absolute atomic E-state index is 0.0335. The molecule has 0 unspecified atom stereocenters. The topological polar surface area (TPSA) is 111 Å². The van der Waals surface area contributed by atoms with Gasteiger partial charge in [0.2, 0.25) is 5.91 Å². The van der Waals surface area contributed by atoms with Crippen LogP contribution in [0.3, 0.4) is 0 Å². The fraction of sp³-hybridized carbons (Fsp3) is 0.200. The molecule has 0 aliphatic carbocycles.